The molecule has 0 N–H and O–H groups in total. The first-order valence-electron chi connectivity index (χ1n) is 3.35. The van der Waals surface area contributed by atoms with Crippen molar-refractivity contribution in [2.24, 2.45) is 0 Å². The maximum atomic E-state index is 5.51. The van der Waals surface area contributed by atoms with Crippen molar-refractivity contribution < 1.29 is 4.74 Å². The van der Waals surface area contributed by atoms with Crippen LogP contribution in [0.15, 0.2) is 12.2 Å². The summed E-state index contributed by atoms with van der Waals surface area (Å²) in [5.74, 6) is 0. The number of hydrogen-bond acceptors (Lipinski definition) is 2. The van der Waals surface area contributed by atoms with Gasteiger partial charge in [-0.05, 0) is 20.0 Å². The van der Waals surface area contributed by atoms with E-state index in [4.69, 9.17) is 4.74 Å². The standard InChI is InChI=1S/C7H11NO/c1-5-6-3-4-7(9-6)8(5)2/h3-7H,1-2H3/t5-,6-,7+/m1/s1. The van der Waals surface area contributed by atoms with E-state index in [1.54, 1.807) is 0 Å². The van der Waals surface area contributed by atoms with Crippen molar-refractivity contribution in [2.45, 2.75) is 25.3 Å². The van der Waals surface area contributed by atoms with Crippen LogP contribution in [0.5, 0.6) is 0 Å². The Kier molecular flexibility index (Phi) is 0.957. The first-order chi connectivity index (χ1) is 4.29. The molecule has 50 valence electrons. The number of hydrogen-bond donors (Lipinski definition) is 0. The van der Waals surface area contributed by atoms with E-state index >= 15 is 0 Å². The quantitative estimate of drug-likeness (QED) is 0.440. The van der Waals surface area contributed by atoms with Crippen molar-refractivity contribution in [1.82, 2.24) is 4.90 Å². The predicted octanol–water partition coefficient (Wildman–Crippen LogP) is 0.601. The smallest absolute Gasteiger partial charge is 0.130 e. The normalized spacial score (nSPS) is 48.9. The molecule has 0 amide bonds. The molecular formula is C7H11NO. The summed E-state index contributed by atoms with van der Waals surface area (Å²) in [5, 5.41) is 0. The van der Waals surface area contributed by atoms with Crippen LogP contribution >= 0.6 is 0 Å². The van der Waals surface area contributed by atoms with Crippen molar-refractivity contribution in [3.63, 3.8) is 0 Å². The second-order valence-corrected chi connectivity index (χ2v) is 2.78. The van der Waals surface area contributed by atoms with Gasteiger partial charge in [0.2, 0.25) is 0 Å². The number of ether oxygens (including phenoxy) is 1. The minimum atomic E-state index is 0.269. The second-order valence-electron chi connectivity index (χ2n) is 2.78. The highest BCUT2D eigenvalue weighted by Gasteiger charge is 2.38. The third-order valence-electron chi connectivity index (χ3n) is 2.28. The first-order valence-corrected chi connectivity index (χ1v) is 3.35. The van der Waals surface area contributed by atoms with Crippen LogP contribution < -0.4 is 0 Å². The van der Waals surface area contributed by atoms with Crippen LogP contribution in [0.3, 0.4) is 0 Å². The Bertz CT molecular complexity index is 139. The fourth-order valence-corrected chi connectivity index (χ4v) is 1.43. The van der Waals surface area contributed by atoms with Gasteiger partial charge >= 0.3 is 0 Å². The summed E-state index contributed by atoms with van der Waals surface area (Å²) in [4.78, 5) is 2.24. The number of rotatable bonds is 0. The van der Waals surface area contributed by atoms with E-state index in [1.165, 1.54) is 0 Å². The molecule has 2 aliphatic rings. The van der Waals surface area contributed by atoms with Gasteiger partial charge in [0.1, 0.15) is 6.23 Å². The number of likely N-dealkylation sites (N-methyl/N-ethyl adjacent to an activating group) is 1. The zero-order chi connectivity index (χ0) is 6.43. The highest BCUT2D eigenvalue weighted by molar-refractivity contribution is 5.11. The van der Waals surface area contributed by atoms with Crippen LogP contribution in [0.4, 0.5) is 0 Å². The van der Waals surface area contributed by atoms with Crippen LogP contribution in [-0.2, 0) is 4.74 Å². The van der Waals surface area contributed by atoms with E-state index in [9.17, 15) is 0 Å². The molecule has 2 aliphatic heterocycles. The Balaban J connectivity index is 2.26. The van der Waals surface area contributed by atoms with Gasteiger partial charge in [0, 0.05) is 6.04 Å². The van der Waals surface area contributed by atoms with Gasteiger partial charge in [-0.2, -0.15) is 0 Å². The molecule has 3 atom stereocenters. The molecule has 0 aromatic heterocycles. The Morgan fingerprint density at radius 3 is 2.56 bits per heavy atom. The number of fused-ring (bicyclic) bond motifs is 2. The maximum Gasteiger partial charge on any atom is 0.130 e. The Morgan fingerprint density at radius 2 is 2.22 bits per heavy atom. The van der Waals surface area contributed by atoms with Gasteiger partial charge in [-0.25, -0.2) is 0 Å². The molecule has 2 bridgehead atoms. The highest BCUT2D eigenvalue weighted by Crippen LogP contribution is 2.28. The van der Waals surface area contributed by atoms with E-state index in [0.717, 1.165) is 0 Å². The summed E-state index contributed by atoms with van der Waals surface area (Å²) in [6.45, 7) is 2.19. The minimum absolute atomic E-state index is 0.269. The van der Waals surface area contributed by atoms with Gasteiger partial charge in [-0.1, -0.05) is 6.08 Å². The fourth-order valence-electron chi connectivity index (χ4n) is 1.43. The highest BCUT2D eigenvalue weighted by atomic mass is 16.5. The van der Waals surface area contributed by atoms with Crippen molar-refractivity contribution in [3.05, 3.63) is 12.2 Å². The number of nitrogens with zero attached hydrogens (tertiary/aromatic N) is 1. The molecule has 0 saturated carbocycles. The molecule has 9 heavy (non-hydrogen) atoms. The summed E-state index contributed by atoms with van der Waals surface area (Å²) in [5.41, 5.74) is 0. The monoisotopic (exact) mass is 125 g/mol. The van der Waals surface area contributed by atoms with Crippen LogP contribution in [0, 0.1) is 0 Å². The maximum absolute atomic E-state index is 5.51. The Hall–Kier alpha value is -0.340. The van der Waals surface area contributed by atoms with Gasteiger partial charge in [-0.15, -0.1) is 0 Å². The molecule has 2 rings (SSSR count). The summed E-state index contributed by atoms with van der Waals surface area (Å²) >= 11 is 0. The Labute approximate surface area is 55.1 Å². The predicted molar refractivity (Wildman–Crippen MR) is 35.0 cm³/mol. The zero-order valence-corrected chi connectivity index (χ0v) is 5.74. The van der Waals surface area contributed by atoms with Gasteiger partial charge < -0.3 is 4.74 Å². The fraction of sp³-hybridized carbons (Fsp3) is 0.714. The Morgan fingerprint density at radius 1 is 1.44 bits per heavy atom. The molecule has 0 aromatic rings. The molecular weight excluding hydrogens is 114 g/mol. The van der Waals surface area contributed by atoms with Gasteiger partial charge in [0.25, 0.3) is 0 Å². The van der Waals surface area contributed by atoms with Crippen LogP contribution in [0.25, 0.3) is 0 Å². The van der Waals surface area contributed by atoms with Gasteiger partial charge in [0.15, 0.2) is 0 Å². The van der Waals surface area contributed by atoms with Crippen molar-refractivity contribution in [3.8, 4) is 0 Å². The van der Waals surface area contributed by atoms with Crippen molar-refractivity contribution >= 4 is 0 Å². The van der Waals surface area contributed by atoms with Crippen LogP contribution in [0.2, 0.25) is 0 Å². The molecule has 0 aliphatic carbocycles. The van der Waals surface area contributed by atoms with E-state index in [2.05, 4.69) is 31.0 Å². The summed E-state index contributed by atoms with van der Waals surface area (Å²) in [6.07, 6.45) is 4.89. The zero-order valence-electron chi connectivity index (χ0n) is 5.74. The SMILES string of the molecule is C[C@@H]1[C@H]2C=C[C@H](O2)N1C. The van der Waals surface area contributed by atoms with Gasteiger partial charge in [0.05, 0.1) is 6.10 Å². The largest absolute Gasteiger partial charge is 0.351 e. The van der Waals surface area contributed by atoms with E-state index in [-0.39, 0.29) is 6.23 Å². The third-order valence-corrected chi connectivity index (χ3v) is 2.28. The topological polar surface area (TPSA) is 12.5 Å². The van der Waals surface area contributed by atoms with E-state index < -0.39 is 0 Å². The third kappa shape index (κ3) is 0.575. The molecule has 2 heterocycles. The summed E-state index contributed by atoms with van der Waals surface area (Å²) in [7, 11) is 2.10. The second kappa shape index (κ2) is 1.58. The molecule has 2 nitrogen and oxygen atoms in total. The summed E-state index contributed by atoms with van der Waals surface area (Å²) < 4.78 is 5.51. The molecule has 0 unspecified atom stereocenters. The minimum Gasteiger partial charge on any atom is -0.351 e. The molecule has 0 radical (unpaired) electrons. The molecule has 1 fully saturated rings. The average molecular weight is 125 g/mol. The lowest BCUT2D eigenvalue weighted by atomic mass is 10.1. The van der Waals surface area contributed by atoms with E-state index in [0.29, 0.717) is 12.1 Å². The molecule has 1 saturated heterocycles. The lowest BCUT2D eigenvalue weighted by Gasteiger charge is -2.20. The average Bonchev–Trinajstić information content (AvgIpc) is 2.37. The lowest BCUT2D eigenvalue weighted by molar-refractivity contribution is 0.0778. The van der Waals surface area contributed by atoms with Crippen LogP contribution in [-0.4, -0.2) is 30.3 Å². The van der Waals surface area contributed by atoms with Gasteiger partial charge in [-0.3, -0.25) is 4.90 Å². The molecule has 2 heteroatoms. The van der Waals surface area contributed by atoms with Crippen molar-refractivity contribution in [2.75, 3.05) is 7.05 Å². The van der Waals surface area contributed by atoms with Crippen molar-refractivity contribution in [1.29, 1.82) is 0 Å². The molecule has 0 aromatic carbocycles. The lowest BCUT2D eigenvalue weighted by Crippen LogP contribution is -2.34. The van der Waals surface area contributed by atoms with Crippen LogP contribution in [0.1, 0.15) is 6.92 Å². The summed E-state index contributed by atoms with van der Waals surface area (Å²) in [6, 6.07) is 0.569. The first kappa shape index (κ1) is 5.45. The molecule has 0 spiro atoms. The van der Waals surface area contributed by atoms with E-state index in [1.807, 2.05) is 0 Å².